The second-order valence-corrected chi connectivity index (χ2v) is 4.71. The normalized spacial score (nSPS) is 16.9. The molecule has 1 saturated carbocycles. The third kappa shape index (κ3) is 3.44. The van der Waals surface area contributed by atoms with Crippen LogP contribution in [0.15, 0.2) is 12.7 Å². The summed E-state index contributed by atoms with van der Waals surface area (Å²) in [5.41, 5.74) is 0. The van der Waals surface area contributed by atoms with Gasteiger partial charge in [0.1, 0.15) is 0 Å². The Bertz CT molecular complexity index is 239. The molecule has 0 bridgehead atoms. The summed E-state index contributed by atoms with van der Waals surface area (Å²) in [7, 11) is 0. The fraction of sp³-hybridized carbons (Fsp3) is 0.750. The molecule has 0 spiro atoms. The Kier molecular flexibility index (Phi) is 5.74. The van der Waals surface area contributed by atoms with Gasteiger partial charge in [-0.2, -0.15) is 0 Å². The highest BCUT2D eigenvalue weighted by Crippen LogP contribution is 2.23. The first-order chi connectivity index (χ1) is 7.70. The van der Waals surface area contributed by atoms with E-state index in [-0.39, 0.29) is 6.03 Å². The first-order valence-electron chi connectivity index (χ1n) is 6.08. The Hall–Kier alpha value is -0.640. The van der Waals surface area contributed by atoms with Gasteiger partial charge in [-0.1, -0.05) is 38.2 Å². The van der Waals surface area contributed by atoms with Gasteiger partial charge in [-0.05, 0) is 19.8 Å². The number of carbonyl (C=O) groups excluding carboxylic acids is 1. The fourth-order valence-corrected chi connectivity index (χ4v) is 2.31. The molecule has 3 nitrogen and oxygen atoms in total. The van der Waals surface area contributed by atoms with Gasteiger partial charge in [0.2, 0.25) is 0 Å². The predicted octanol–water partition coefficient (Wildman–Crippen LogP) is 3.09. The van der Waals surface area contributed by atoms with Crippen LogP contribution in [0.25, 0.3) is 0 Å². The zero-order chi connectivity index (χ0) is 12.0. The van der Waals surface area contributed by atoms with Crippen molar-refractivity contribution in [3.8, 4) is 0 Å². The highest BCUT2D eigenvalue weighted by atomic mass is 32.1. The molecule has 0 atom stereocenters. The van der Waals surface area contributed by atoms with Crippen LogP contribution in [0.2, 0.25) is 0 Å². The minimum atomic E-state index is 0.0117. The quantitative estimate of drug-likeness (QED) is 0.594. The highest BCUT2D eigenvalue weighted by Gasteiger charge is 2.26. The van der Waals surface area contributed by atoms with Crippen LogP contribution in [-0.4, -0.2) is 34.4 Å². The van der Waals surface area contributed by atoms with E-state index in [1.807, 2.05) is 11.8 Å². The molecule has 0 N–H and O–H groups in total. The van der Waals surface area contributed by atoms with Gasteiger partial charge in [-0.25, -0.2) is 4.79 Å². The summed E-state index contributed by atoms with van der Waals surface area (Å²) < 4.78 is 1.47. The Labute approximate surface area is 104 Å². The molecular formula is C12H22N2OS. The van der Waals surface area contributed by atoms with E-state index in [0.29, 0.717) is 19.1 Å². The lowest BCUT2D eigenvalue weighted by Crippen LogP contribution is -2.46. The van der Waals surface area contributed by atoms with Gasteiger partial charge in [0.05, 0.1) is 0 Å². The summed E-state index contributed by atoms with van der Waals surface area (Å²) in [6.07, 6.45) is 7.78. The molecule has 2 amide bonds. The maximum Gasteiger partial charge on any atom is 0.330 e. The Morgan fingerprint density at radius 3 is 2.56 bits per heavy atom. The molecule has 16 heavy (non-hydrogen) atoms. The fourth-order valence-electron chi connectivity index (χ4n) is 2.20. The van der Waals surface area contributed by atoms with Crippen LogP contribution in [0.1, 0.15) is 39.0 Å². The van der Waals surface area contributed by atoms with Gasteiger partial charge in [-0.3, -0.25) is 4.31 Å². The Balaban J connectivity index is 2.64. The van der Waals surface area contributed by atoms with Gasteiger partial charge >= 0.3 is 6.03 Å². The van der Waals surface area contributed by atoms with Gasteiger partial charge in [0.15, 0.2) is 0 Å². The van der Waals surface area contributed by atoms with Crippen molar-refractivity contribution in [2.45, 2.75) is 45.1 Å². The number of nitrogens with zero attached hydrogens (tertiary/aromatic N) is 2. The number of rotatable bonds is 4. The molecule has 1 rings (SSSR count). The van der Waals surface area contributed by atoms with E-state index in [9.17, 15) is 4.79 Å². The first-order valence-corrected chi connectivity index (χ1v) is 6.48. The van der Waals surface area contributed by atoms with Crippen LogP contribution in [0, 0.1) is 0 Å². The van der Waals surface area contributed by atoms with Crippen LogP contribution >= 0.6 is 12.8 Å². The average Bonchev–Trinajstić information content (AvgIpc) is 2.35. The number of urea groups is 1. The van der Waals surface area contributed by atoms with E-state index in [4.69, 9.17) is 0 Å². The monoisotopic (exact) mass is 242 g/mol. The van der Waals surface area contributed by atoms with Crippen molar-refractivity contribution < 1.29 is 4.79 Å². The van der Waals surface area contributed by atoms with Crippen molar-refractivity contribution in [3.05, 3.63) is 12.7 Å². The number of thiol groups is 1. The van der Waals surface area contributed by atoms with Gasteiger partial charge < -0.3 is 4.90 Å². The van der Waals surface area contributed by atoms with Crippen molar-refractivity contribution >= 4 is 18.8 Å². The van der Waals surface area contributed by atoms with Crippen LogP contribution in [0.5, 0.6) is 0 Å². The standard InChI is InChI=1S/C12H22N2OS/c1-3-10-13(12(15)14(16)4-2)11-8-6-5-7-9-11/h3,11,16H,1,4-10H2,2H3. The molecule has 92 valence electrons. The molecule has 0 unspecified atom stereocenters. The molecule has 4 heteroatoms. The lowest BCUT2D eigenvalue weighted by Gasteiger charge is -2.35. The molecule has 0 aromatic heterocycles. The number of hydrogen-bond acceptors (Lipinski definition) is 2. The summed E-state index contributed by atoms with van der Waals surface area (Å²) in [5.74, 6) is 0. The van der Waals surface area contributed by atoms with E-state index < -0.39 is 0 Å². The predicted molar refractivity (Wildman–Crippen MR) is 70.5 cm³/mol. The third-order valence-corrected chi connectivity index (χ3v) is 3.56. The van der Waals surface area contributed by atoms with Crippen LogP contribution in [0.3, 0.4) is 0 Å². The topological polar surface area (TPSA) is 23.6 Å². The third-order valence-electron chi connectivity index (χ3n) is 3.11. The average molecular weight is 242 g/mol. The second kappa shape index (κ2) is 6.84. The second-order valence-electron chi connectivity index (χ2n) is 4.23. The molecule has 1 aliphatic carbocycles. The lowest BCUT2D eigenvalue weighted by atomic mass is 9.94. The zero-order valence-electron chi connectivity index (χ0n) is 10.1. The number of carbonyl (C=O) groups is 1. The minimum absolute atomic E-state index is 0.0117. The van der Waals surface area contributed by atoms with E-state index in [2.05, 4.69) is 19.4 Å². The van der Waals surface area contributed by atoms with Crippen molar-refractivity contribution in [3.63, 3.8) is 0 Å². The maximum absolute atomic E-state index is 12.1. The number of hydrogen-bond donors (Lipinski definition) is 1. The summed E-state index contributed by atoms with van der Waals surface area (Å²) in [5, 5.41) is 0. The van der Waals surface area contributed by atoms with E-state index in [1.165, 1.54) is 23.6 Å². The van der Waals surface area contributed by atoms with E-state index >= 15 is 0 Å². The largest absolute Gasteiger partial charge is 0.330 e. The molecule has 0 heterocycles. The molecule has 0 saturated heterocycles. The first kappa shape index (κ1) is 13.4. The van der Waals surface area contributed by atoms with Crippen molar-refractivity contribution in [1.29, 1.82) is 0 Å². The molecule has 0 radical (unpaired) electrons. The Morgan fingerprint density at radius 1 is 1.44 bits per heavy atom. The molecule has 0 aromatic rings. The van der Waals surface area contributed by atoms with Crippen molar-refractivity contribution in [1.82, 2.24) is 9.21 Å². The summed E-state index contributed by atoms with van der Waals surface area (Å²) in [6, 6.07) is 0.387. The van der Waals surface area contributed by atoms with Crippen molar-refractivity contribution in [2.24, 2.45) is 0 Å². The Morgan fingerprint density at radius 2 is 2.06 bits per heavy atom. The summed E-state index contributed by atoms with van der Waals surface area (Å²) in [4.78, 5) is 14.0. The zero-order valence-corrected chi connectivity index (χ0v) is 11.0. The van der Waals surface area contributed by atoms with Gasteiger partial charge in [0.25, 0.3) is 0 Å². The maximum atomic E-state index is 12.1. The smallest absolute Gasteiger partial charge is 0.317 e. The lowest BCUT2D eigenvalue weighted by molar-refractivity contribution is 0.150. The number of amides is 2. The molecule has 0 aromatic carbocycles. The minimum Gasteiger partial charge on any atom is -0.317 e. The molecule has 1 aliphatic rings. The van der Waals surface area contributed by atoms with E-state index in [1.54, 1.807) is 6.08 Å². The molecule has 0 aliphatic heterocycles. The van der Waals surface area contributed by atoms with Crippen LogP contribution < -0.4 is 0 Å². The van der Waals surface area contributed by atoms with E-state index in [0.717, 1.165) is 12.8 Å². The summed E-state index contributed by atoms with van der Waals surface area (Å²) in [6.45, 7) is 6.91. The van der Waals surface area contributed by atoms with Crippen molar-refractivity contribution in [2.75, 3.05) is 13.1 Å². The van der Waals surface area contributed by atoms with Gasteiger partial charge in [-0.15, -0.1) is 6.58 Å². The molecule has 1 fully saturated rings. The molecular weight excluding hydrogens is 220 g/mol. The van der Waals surface area contributed by atoms with Crippen LogP contribution in [0.4, 0.5) is 4.79 Å². The highest BCUT2D eigenvalue weighted by molar-refractivity contribution is 7.78. The van der Waals surface area contributed by atoms with Crippen LogP contribution in [-0.2, 0) is 0 Å². The summed E-state index contributed by atoms with van der Waals surface area (Å²) >= 11 is 4.18. The van der Waals surface area contributed by atoms with Gasteiger partial charge in [0, 0.05) is 19.1 Å². The SMILES string of the molecule is C=CCN(C(=O)N(S)CC)C1CCCCC1.